The van der Waals surface area contributed by atoms with E-state index in [0.717, 1.165) is 19.3 Å². The lowest BCUT2D eigenvalue weighted by Gasteiger charge is -2.37. The highest BCUT2D eigenvalue weighted by Gasteiger charge is 2.28. The van der Waals surface area contributed by atoms with Crippen LogP contribution < -0.4 is 0 Å². The van der Waals surface area contributed by atoms with Crippen molar-refractivity contribution in [2.24, 2.45) is 0 Å². The topological polar surface area (TPSA) is 20.3 Å². The zero-order valence-electron chi connectivity index (χ0n) is 12.0. The second-order valence-electron chi connectivity index (χ2n) is 5.86. The van der Waals surface area contributed by atoms with E-state index in [9.17, 15) is 4.79 Å². The summed E-state index contributed by atoms with van der Waals surface area (Å²) in [5.41, 5.74) is 3.12. The van der Waals surface area contributed by atoms with Crippen LogP contribution in [-0.4, -0.2) is 29.8 Å². The maximum atomic E-state index is 11.6. The molecule has 1 unspecified atom stereocenters. The van der Waals surface area contributed by atoms with Crippen LogP contribution in [-0.2, 0) is 4.79 Å². The van der Waals surface area contributed by atoms with Crippen molar-refractivity contribution in [2.45, 2.75) is 71.3 Å². The van der Waals surface area contributed by atoms with Gasteiger partial charge in [-0.1, -0.05) is 25.0 Å². The Balaban J connectivity index is 2.00. The first-order chi connectivity index (χ1) is 8.74. The van der Waals surface area contributed by atoms with E-state index in [-0.39, 0.29) is 0 Å². The van der Waals surface area contributed by atoms with E-state index in [0.29, 0.717) is 11.8 Å². The van der Waals surface area contributed by atoms with Gasteiger partial charge in [-0.15, -0.1) is 0 Å². The second-order valence-corrected chi connectivity index (χ2v) is 5.86. The lowest BCUT2D eigenvalue weighted by Crippen LogP contribution is -2.39. The summed E-state index contributed by atoms with van der Waals surface area (Å²) < 4.78 is 0. The molecule has 0 heterocycles. The smallest absolute Gasteiger partial charge is 0.137 e. The summed E-state index contributed by atoms with van der Waals surface area (Å²) in [6.07, 6.45) is 8.82. The van der Waals surface area contributed by atoms with E-state index in [1.807, 2.05) is 0 Å². The van der Waals surface area contributed by atoms with Gasteiger partial charge in [-0.05, 0) is 51.6 Å². The van der Waals surface area contributed by atoms with Crippen LogP contribution in [0.25, 0.3) is 0 Å². The third-order valence-corrected chi connectivity index (χ3v) is 4.42. The Morgan fingerprint density at radius 1 is 1.06 bits per heavy atom. The zero-order chi connectivity index (χ0) is 13.0. The molecule has 0 saturated carbocycles. The van der Waals surface area contributed by atoms with Gasteiger partial charge in [0.25, 0.3) is 0 Å². The molecule has 0 aliphatic heterocycles. The number of ketones is 1. The number of carbonyl (C=O) groups is 1. The van der Waals surface area contributed by atoms with Crippen molar-refractivity contribution in [1.29, 1.82) is 0 Å². The van der Waals surface area contributed by atoms with Gasteiger partial charge in [0.15, 0.2) is 0 Å². The van der Waals surface area contributed by atoms with Crippen LogP contribution in [0.5, 0.6) is 0 Å². The normalized spacial score (nSPS) is 24.6. The van der Waals surface area contributed by atoms with Gasteiger partial charge in [-0.3, -0.25) is 4.79 Å². The summed E-state index contributed by atoms with van der Waals surface area (Å²) >= 11 is 0. The fourth-order valence-corrected chi connectivity index (χ4v) is 3.53. The molecule has 2 heteroatoms. The summed E-state index contributed by atoms with van der Waals surface area (Å²) in [4.78, 5) is 14.3. The molecule has 0 amide bonds. The summed E-state index contributed by atoms with van der Waals surface area (Å²) in [6, 6.07) is 0.703. The minimum atomic E-state index is 0.465. The predicted octanol–water partition coefficient (Wildman–Crippen LogP) is 3.71. The molecule has 102 valence electrons. The Morgan fingerprint density at radius 3 is 2.44 bits per heavy atom. The molecule has 0 fully saturated rings. The minimum absolute atomic E-state index is 0.465. The Hall–Kier alpha value is -0.630. The predicted molar refractivity (Wildman–Crippen MR) is 75.7 cm³/mol. The average molecular weight is 249 g/mol. The molecule has 0 bridgehead atoms. The van der Waals surface area contributed by atoms with E-state index in [1.54, 1.807) is 5.57 Å². The van der Waals surface area contributed by atoms with Gasteiger partial charge in [0.2, 0.25) is 0 Å². The van der Waals surface area contributed by atoms with Crippen LogP contribution >= 0.6 is 0 Å². The SMILES string of the molecule is CCCN(CCC)C1CCC2=C(CC(=O)CC2)C1. The van der Waals surface area contributed by atoms with Gasteiger partial charge in [-0.2, -0.15) is 0 Å². The fraction of sp³-hybridized carbons (Fsp3) is 0.812. The summed E-state index contributed by atoms with van der Waals surface area (Å²) in [6.45, 7) is 6.96. The first-order valence-corrected chi connectivity index (χ1v) is 7.70. The first kappa shape index (κ1) is 13.8. The van der Waals surface area contributed by atoms with E-state index >= 15 is 0 Å². The number of nitrogens with zero attached hydrogens (tertiary/aromatic N) is 1. The van der Waals surface area contributed by atoms with Crippen molar-refractivity contribution >= 4 is 5.78 Å². The highest BCUT2D eigenvalue weighted by atomic mass is 16.1. The Labute approximate surface area is 111 Å². The van der Waals surface area contributed by atoms with Crippen LogP contribution in [0.4, 0.5) is 0 Å². The summed E-state index contributed by atoms with van der Waals surface area (Å²) in [7, 11) is 0. The average Bonchev–Trinajstić information content (AvgIpc) is 2.37. The zero-order valence-corrected chi connectivity index (χ0v) is 12.0. The molecule has 0 N–H and O–H groups in total. The monoisotopic (exact) mass is 249 g/mol. The molecule has 0 spiro atoms. The van der Waals surface area contributed by atoms with Gasteiger partial charge in [0.05, 0.1) is 0 Å². The minimum Gasteiger partial charge on any atom is -0.300 e. The summed E-state index contributed by atoms with van der Waals surface area (Å²) in [5.74, 6) is 0.465. The van der Waals surface area contributed by atoms with Gasteiger partial charge in [-0.25, -0.2) is 0 Å². The van der Waals surface area contributed by atoms with Crippen molar-refractivity contribution in [3.05, 3.63) is 11.1 Å². The van der Waals surface area contributed by atoms with Gasteiger partial charge >= 0.3 is 0 Å². The van der Waals surface area contributed by atoms with Crippen molar-refractivity contribution in [3.63, 3.8) is 0 Å². The molecule has 18 heavy (non-hydrogen) atoms. The van der Waals surface area contributed by atoms with Crippen LogP contribution in [0.1, 0.15) is 65.2 Å². The number of hydrogen-bond acceptors (Lipinski definition) is 2. The molecule has 2 aliphatic carbocycles. The van der Waals surface area contributed by atoms with Crippen LogP contribution in [0.2, 0.25) is 0 Å². The Bertz CT molecular complexity index is 326. The standard InChI is InChI=1S/C16H27NO/c1-3-9-17(10-4-2)15-7-5-13-6-8-16(18)12-14(13)11-15/h15H,3-12H2,1-2H3. The van der Waals surface area contributed by atoms with Crippen molar-refractivity contribution in [1.82, 2.24) is 4.90 Å². The third-order valence-electron chi connectivity index (χ3n) is 4.42. The van der Waals surface area contributed by atoms with Crippen molar-refractivity contribution in [3.8, 4) is 0 Å². The number of allylic oxidation sites excluding steroid dienone is 1. The molecule has 0 saturated heterocycles. The number of hydrogen-bond donors (Lipinski definition) is 0. The third kappa shape index (κ3) is 3.23. The number of Topliss-reactive ketones (excluding diaryl/α,β-unsaturated/α-hetero) is 1. The second kappa shape index (κ2) is 6.51. The molecule has 2 rings (SSSR count). The molecule has 0 aromatic carbocycles. The summed E-state index contributed by atoms with van der Waals surface area (Å²) in [5, 5.41) is 0. The first-order valence-electron chi connectivity index (χ1n) is 7.70. The lowest BCUT2D eigenvalue weighted by molar-refractivity contribution is -0.118. The van der Waals surface area contributed by atoms with E-state index in [2.05, 4.69) is 18.7 Å². The van der Waals surface area contributed by atoms with Crippen molar-refractivity contribution in [2.75, 3.05) is 13.1 Å². The molecule has 2 aliphatic rings. The molecule has 0 aromatic rings. The highest BCUT2D eigenvalue weighted by Crippen LogP contribution is 2.36. The van der Waals surface area contributed by atoms with Gasteiger partial charge < -0.3 is 4.90 Å². The fourth-order valence-electron chi connectivity index (χ4n) is 3.53. The molecule has 1 atom stereocenters. The highest BCUT2D eigenvalue weighted by molar-refractivity contribution is 5.82. The maximum absolute atomic E-state index is 11.6. The van der Waals surface area contributed by atoms with E-state index < -0.39 is 0 Å². The Kier molecular flexibility index (Phi) is 4.99. The molecule has 0 aromatic heterocycles. The largest absolute Gasteiger partial charge is 0.300 e. The maximum Gasteiger partial charge on any atom is 0.137 e. The number of rotatable bonds is 5. The molecular weight excluding hydrogens is 222 g/mol. The molecule has 2 nitrogen and oxygen atoms in total. The van der Waals surface area contributed by atoms with E-state index in [1.165, 1.54) is 50.8 Å². The molecule has 0 radical (unpaired) electrons. The van der Waals surface area contributed by atoms with Crippen molar-refractivity contribution < 1.29 is 4.79 Å². The Morgan fingerprint density at radius 2 is 1.78 bits per heavy atom. The quantitative estimate of drug-likeness (QED) is 0.692. The van der Waals surface area contributed by atoms with Gasteiger partial charge in [0, 0.05) is 18.9 Å². The number of carbonyl (C=O) groups excluding carboxylic acids is 1. The lowest BCUT2D eigenvalue weighted by atomic mass is 9.79. The van der Waals surface area contributed by atoms with E-state index in [4.69, 9.17) is 0 Å². The molecular formula is C16H27NO. The van der Waals surface area contributed by atoms with Crippen LogP contribution in [0.3, 0.4) is 0 Å². The van der Waals surface area contributed by atoms with Crippen LogP contribution in [0, 0.1) is 0 Å². The van der Waals surface area contributed by atoms with Gasteiger partial charge in [0.1, 0.15) is 5.78 Å². The van der Waals surface area contributed by atoms with Crippen LogP contribution in [0.15, 0.2) is 11.1 Å².